The molecule has 2 saturated heterocycles. The summed E-state index contributed by atoms with van der Waals surface area (Å²) < 4.78 is 0. The predicted molar refractivity (Wildman–Crippen MR) is 98.9 cm³/mol. The van der Waals surface area contributed by atoms with Gasteiger partial charge in [0.05, 0.1) is 24.1 Å². The van der Waals surface area contributed by atoms with Crippen LogP contribution >= 0.6 is 0 Å². The number of para-hydroxylation sites is 1. The number of benzene rings is 1. The fraction of sp³-hybridized carbons (Fsp3) is 0.526. The SMILES string of the molecule is O=C(CN1CCN(Cc2cnn(-c3ccccc3)n2)CC1)N1CCCC1. The van der Waals surface area contributed by atoms with E-state index in [1.807, 2.05) is 41.4 Å². The van der Waals surface area contributed by atoms with Crippen LogP contribution in [0, 0.1) is 0 Å². The van der Waals surface area contributed by atoms with Gasteiger partial charge in [-0.05, 0) is 25.0 Å². The molecule has 2 aromatic rings. The van der Waals surface area contributed by atoms with Gasteiger partial charge in [0.15, 0.2) is 0 Å². The zero-order valence-electron chi connectivity index (χ0n) is 15.1. The second kappa shape index (κ2) is 7.97. The number of aromatic nitrogens is 3. The average molecular weight is 354 g/mol. The summed E-state index contributed by atoms with van der Waals surface area (Å²) in [6, 6.07) is 9.96. The molecule has 1 aromatic carbocycles. The van der Waals surface area contributed by atoms with E-state index in [9.17, 15) is 4.79 Å². The van der Waals surface area contributed by atoms with Crippen molar-refractivity contribution in [3.8, 4) is 5.69 Å². The Bertz CT molecular complexity index is 717. The van der Waals surface area contributed by atoms with E-state index < -0.39 is 0 Å². The van der Waals surface area contributed by atoms with E-state index in [4.69, 9.17) is 0 Å². The van der Waals surface area contributed by atoms with Gasteiger partial charge in [0.2, 0.25) is 5.91 Å². The number of amides is 1. The standard InChI is InChI=1S/C19H26N6O/c26-19(24-8-4-5-9-24)16-23-12-10-22(11-13-23)15-17-14-20-25(21-17)18-6-2-1-3-7-18/h1-3,6-7,14H,4-5,8-13,15-16H2. The molecule has 1 aromatic heterocycles. The number of carbonyl (C=O) groups is 1. The van der Waals surface area contributed by atoms with Crippen LogP contribution in [0.25, 0.3) is 5.69 Å². The number of hydrogen-bond donors (Lipinski definition) is 0. The van der Waals surface area contributed by atoms with Gasteiger partial charge in [-0.2, -0.15) is 15.0 Å². The minimum atomic E-state index is 0.293. The van der Waals surface area contributed by atoms with Crippen molar-refractivity contribution in [1.82, 2.24) is 29.7 Å². The molecular weight excluding hydrogens is 328 g/mol. The van der Waals surface area contributed by atoms with E-state index in [1.54, 1.807) is 4.80 Å². The minimum Gasteiger partial charge on any atom is -0.342 e. The molecule has 0 spiro atoms. The lowest BCUT2D eigenvalue weighted by molar-refractivity contribution is -0.131. The van der Waals surface area contributed by atoms with Crippen LogP contribution in [0.4, 0.5) is 0 Å². The number of rotatable bonds is 5. The van der Waals surface area contributed by atoms with Gasteiger partial charge in [-0.1, -0.05) is 18.2 Å². The van der Waals surface area contributed by atoms with Gasteiger partial charge in [-0.15, -0.1) is 0 Å². The van der Waals surface area contributed by atoms with Crippen LogP contribution in [0.3, 0.4) is 0 Å². The van der Waals surface area contributed by atoms with Crippen LogP contribution in [0.1, 0.15) is 18.5 Å². The maximum Gasteiger partial charge on any atom is 0.236 e. The van der Waals surface area contributed by atoms with Crippen LogP contribution in [-0.2, 0) is 11.3 Å². The summed E-state index contributed by atoms with van der Waals surface area (Å²) in [5, 5.41) is 8.95. The van der Waals surface area contributed by atoms with E-state index in [-0.39, 0.29) is 0 Å². The van der Waals surface area contributed by atoms with E-state index in [0.717, 1.165) is 70.0 Å². The molecule has 7 heteroatoms. The van der Waals surface area contributed by atoms with Gasteiger partial charge >= 0.3 is 0 Å². The molecule has 26 heavy (non-hydrogen) atoms. The lowest BCUT2D eigenvalue weighted by Crippen LogP contribution is -2.49. The molecule has 0 atom stereocenters. The first-order valence-electron chi connectivity index (χ1n) is 9.47. The number of nitrogens with zero attached hydrogens (tertiary/aromatic N) is 6. The number of likely N-dealkylation sites (tertiary alicyclic amines) is 1. The summed E-state index contributed by atoms with van der Waals surface area (Å²) >= 11 is 0. The lowest BCUT2D eigenvalue weighted by Gasteiger charge is -2.34. The highest BCUT2D eigenvalue weighted by molar-refractivity contribution is 5.78. The molecule has 7 nitrogen and oxygen atoms in total. The molecule has 1 amide bonds. The molecule has 0 saturated carbocycles. The Hall–Kier alpha value is -2.25. The van der Waals surface area contributed by atoms with E-state index in [0.29, 0.717) is 12.5 Å². The predicted octanol–water partition coefficient (Wildman–Crippen LogP) is 1.01. The highest BCUT2D eigenvalue weighted by Crippen LogP contribution is 2.11. The second-order valence-corrected chi connectivity index (χ2v) is 7.10. The Balaban J connectivity index is 1.25. The Morgan fingerprint density at radius 3 is 2.35 bits per heavy atom. The van der Waals surface area contributed by atoms with Gasteiger partial charge < -0.3 is 4.90 Å². The molecule has 3 heterocycles. The summed E-state index contributed by atoms with van der Waals surface area (Å²) in [6.07, 6.45) is 4.16. The monoisotopic (exact) mass is 354 g/mol. The van der Waals surface area contributed by atoms with E-state index >= 15 is 0 Å². The van der Waals surface area contributed by atoms with Crippen LogP contribution in [0.5, 0.6) is 0 Å². The summed E-state index contributed by atoms with van der Waals surface area (Å²) in [4.78, 5) is 20.6. The van der Waals surface area contributed by atoms with Gasteiger partial charge in [0, 0.05) is 45.8 Å². The van der Waals surface area contributed by atoms with Crippen molar-refractivity contribution < 1.29 is 4.79 Å². The maximum atomic E-state index is 12.3. The number of piperazine rings is 1. The normalized spacial score (nSPS) is 19.2. The van der Waals surface area contributed by atoms with E-state index in [2.05, 4.69) is 20.0 Å². The van der Waals surface area contributed by atoms with E-state index in [1.165, 1.54) is 0 Å². The molecule has 4 rings (SSSR count). The van der Waals surface area contributed by atoms with Gasteiger partial charge in [-0.25, -0.2) is 0 Å². The molecule has 2 aliphatic heterocycles. The van der Waals surface area contributed by atoms with Crippen molar-refractivity contribution in [3.63, 3.8) is 0 Å². The molecule has 0 radical (unpaired) electrons. The van der Waals surface area contributed by atoms with Crippen molar-refractivity contribution in [2.45, 2.75) is 19.4 Å². The zero-order valence-corrected chi connectivity index (χ0v) is 15.1. The van der Waals surface area contributed by atoms with Crippen LogP contribution < -0.4 is 0 Å². The van der Waals surface area contributed by atoms with Crippen molar-refractivity contribution in [1.29, 1.82) is 0 Å². The van der Waals surface area contributed by atoms with Crippen LogP contribution in [-0.4, -0.2) is 81.4 Å². The third kappa shape index (κ3) is 4.11. The van der Waals surface area contributed by atoms with Crippen LogP contribution in [0.2, 0.25) is 0 Å². The zero-order chi connectivity index (χ0) is 17.8. The lowest BCUT2D eigenvalue weighted by atomic mass is 10.3. The summed E-state index contributed by atoms with van der Waals surface area (Å²) in [5.74, 6) is 0.293. The first-order chi connectivity index (χ1) is 12.8. The fourth-order valence-electron chi connectivity index (χ4n) is 3.65. The van der Waals surface area contributed by atoms with Crippen molar-refractivity contribution in [3.05, 3.63) is 42.2 Å². The van der Waals surface area contributed by atoms with Gasteiger partial charge in [0.1, 0.15) is 0 Å². The summed E-state index contributed by atoms with van der Waals surface area (Å²) in [7, 11) is 0. The van der Waals surface area contributed by atoms with Crippen molar-refractivity contribution in [2.75, 3.05) is 45.8 Å². The molecule has 0 aliphatic carbocycles. The molecular formula is C19H26N6O. The Kier molecular flexibility index (Phi) is 5.26. The van der Waals surface area contributed by atoms with Gasteiger partial charge in [0.25, 0.3) is 0 Å². The highest BCUT2D eigenvalue weighted by atomic mass is 16.2. The summed E-state index contributed by atoms with van der Waals surface area (Å²) in [5.41, 5.74) is 1.96. The third-order valence-electron chi connectivity index (χ3n) is 5.19. The molecule has 0 N–H and O–H groups in total. The second-order valence-electron chi connectivity index (χ2n) is 7.10. The molecule has 0 bridgehead atoms. The first kappa shape index (κ1) is 17.2. The minimum absolute atomic E-state index is 0.293. The number of carbonyl (C=O) groups excluding carboxylic acids is 1. The van der Waals surface area contributed by atoms with Crippen molar-refractivity contribution in [2.24, 2.45) is 0 Å². The molecule has 0 unspecified atom stereocenters. The fourth-order valence-corrected chi connectivity index (χ4v) is 3.65. The summed E-state index contributed by atoms with van der Waals surface area (Å²) in [6.45, 7) is 7.06. The first-order valence-corrected chi connectivity index (χ1v) is 9.47. The number of hydrogen-bond acceptors (Lipinski definition) is 5. The quantitative estimate of drug-likeness (QED) is 0.802. The van der Waals surface area contributed by atoms with Crippen LogP contribution in [0.15, 0.2) is 36.5 Å². The maximum absolute atomic E-state index is 12.3. The Morgan fingerprint density at radius 2 is 1.62 bits per heavy atom. The average Bonchev–Trinajstić information content (AvgIpc) is 3.36. The Labute approximate surface area is 154 Å². The highest BCUT2D eigenvalue weighted by Gasteiger charge is 2.23. The molecule has 138 valence electrons. The molecule has 2 fully saturated rings. The van der Waals surface area contributed by atoms with Gasteiger partial charge in [-0.3, -0.25) is 14.6 Å². The topological polar surface area (TPSA) is 57.5 Å². The smallest absolute Gasteiger partial charge is 0.236 e. The van der Waals surface area contributed by atoms with Crippen molar-refractivity contribution >= 4 is 5.91 Å². The third-order valence-corrected chi connectivity index (χ3v) is 5.19. The molecule has 2 aliphatic rings. The largest absolute Gasteiger partial charge is 0.342 e. The Morgan fingerprint density at radius 1 is 0.923 bits per heavy atom.